The van der Waals surface area contributed by atoms with Crippen LogP contribution in [0.5, 0.6) is 0 Å². The third kappa shape index (κ3) is 5.82. The van der Waals surface area contributed by atoms with Crippen LogP contribution in [0.1, 0.15) is 12.8 Å². The van der Waals surface area contributed by atoms with Crippen molar-refractivity contribution < 1.29 is 9.84 Å². The highest BCUT2D eigenvalue weighted by Gasteiger charge is 2.04. The Balaban J connectivity index is 2.14. The summed E-state index contributed by atoms with van der Waals surface area (Å²) in [6.07, 6.45) is 1.51. The lowest BCUT2D eigenvalue weighted by atomic mass is 10.2. The van der Waals surface area contributed by atoms with Gasteiger partial charge in [-0.1, -0.05) is 18.2 Å². The summed E-state index contributed by atoms with van der Waals surface area (Å²) >= 11 is 1.70. The average Bonchev–Trinajstić information content (AvgIpc) is 2.28. The van der Waals surface area contributed by atoms with Crippen LogP contribution in [0.2, 0.25) is 0 Å². The first-order valence-electron chi connectivity index (χ1n) is 5.18. The Hall–Kier alpha value is -0.510. The molecule has 0 aliphatic heterocycles. The van der Waals surface area contributed by atoms with Gasteiger partial charge < -0.3 is 9.84 Å². The van der Waals surface area contributed by atoms with E-state index in [1.807, 2.05) is 18.2 Å². The van der Waals surface area contributed by atoms with Gasteiger partial charge in [-0.25, -0.2) is 0 Å². The van der Waals surface area contributed by atoms with Gasteiger partial charge in [0.2, 0.25) is 0 Å². The number of thioether (sulfide) groups is 1. The second kappa shape index (κ2) is 7.74. The molecule has 0 saturated carbocycles. The van der Waals surface area contributed by atoms with Crippen LogP contribution >= 0.6 is 11.8 Å². The average molecular weight is 226 g/mol. The van der Waals surface area contributed by atoms with Crippen LogP contribution in [0, 0.1) is 0 Å². The molecule has 0 spiro atoms. The second-order valence-corrected chi connectivity index (χ2v) is 4.51. The molecule has 0 amide bonds. The zero-order valence-electron chi connectivity index (χ0n) is 9.06. The highest BCUT2D eigenvalue weighted by molar-refractivity contribution is 7.99. The lowest BCUT2D eigenvalue weighted by molar-refractivity contribution is 0.149. The maximum atomic E-state index is 9.66. The minimum atomic E-state index is -0.231. The highest BCUT2D eigenvalue weighted by Crippen LogP contribution is 2.18. The smallest absolute Gasteiger partial charge is 0.0635 e. The van der Waals surface area contributed by atoms with Crippen LogP contribution < -0.4 is 0 Å². The number of rotatable bonds is 7. The van der Waals surface area contributed by atoms with Crippen molar-refractivity contribution in [1.82, 2.24) is 0 Å². The lowest BCUT2D eigenvalue weighted by Gasteiger charge is -2.09. The molecule has 0 bridgehead atoms. The quantitative estimate of drug-likeness (QED) is 0.572. The Morgan fingerprint density at radius 1 is 1.33 bits per heavy atom. The predicted octanol–water partition coefficient (Wildman–Crippen LogP) is 2.57. The van der Waals surface area contributed by atoms with Gasteiger partial charge in [-0.15, -0.1) is 11.8 Å². The summed E-state index contributed by atoms with van der Waals surface area (Å²) in [6.45, 7) is 0.729. The van der Waals surface area contributed by atoms with E-state index in [1.165, 1.54) is 4.90 Å². The maximum Gasteiger partial charge on any atom is 0.0635 e. The standard InChI is InChI=1S/C12H18O2S/c1-14-9-5-6-11(13)10-15-12-7-3-2-4-8-12/h2-4,7-8,11,13H,5-6,9-10H2,1H3. The summed E-state index contributed by atoms with van der Waals surface area (Å²) in [7, 11) is 1.69. The number of ether oxygens (including phenoxy) is 1. The molecule has 1 N–H and O–H groups in total. The summed E-state index contributed by atoms with van der Waals surface area (Å²) in [6, 6.07) is 10.2. The van der Waals surface area contributed by atoms with Crippen molar-refractivity contribution in [2.45, 2.75) is 23.8 Å². The topological polar surface area (TPSA) is 29.5 Å². The van der Waals surface area contributed by atoms with Crippen molar-refractivity contribution in [2.24, 2.45) is 0 Å². The zero-order chi connectivity index (χ0) is 10.9. The van der Waals surface area contributed by atoms with Gasteiger partial charge in [-0.2, -0.15) is 0 Å². The normalized spacial score (nSPS) is 12.7. The van der Waals surface area contributed by atoms with Gasteiger partial charge in [0.05, 0.1) is 6.10 Å². The number of aliphatic hydroxyl groups is 1. The van der Waals surface area contributed by atoms with E-state index in [0.717, 1.165) is 25.2 Å². The molecule has 0 saturated heterocycles. The number of benzene rings is 1. The molecule has 0 fully saturated rings. The molecule has 1 unspecified atom stereocenters. The minimum absolute atomic E-state index is 0.231. The lowest BCUT2D eigenvalue weighted by Crippen LogP contribution is -2.10. The molecule has 2 nitrogen and oxygen atoms in total. The van der Waals surface area contributed by atoms with E-state index in [4.69, 9.17) is 4.74 Å². The number of methoxy groups -OCH3 is 1. The van der Waals surface area contributed by atoms with Gasteiger partial charge in [-0.05, 0) is 25.0 Å². The van der Waals surface area contributed by atoms with Crippen LogP contribution in [0.4, 0.5) is 0 Å². The van der Waals surface area contributed by atoms with E-state index in [-0.39, 0.29) is 6.10 Å². The van der Waals surface area contributed by atoms with Gasteiger partial charge in [0.15, 0.2) is 0 Å². The Labute approximate surface area is 95.7 Å². The van der Waals surface area contributed by atoms with E-state index in [9.17, 15) is 5.11 Å². The molecule has 1 aromatic carbocycles. The van der Waals surface area contributed by atoms with Crippen molar-refractivity contribution >= 4 is 11.8 Å². The molecule has 1 atom stereocenters. The Morgan fingerprint density at radius 2 is 2.07 bits per heavy atom. The fraction of sp³-hybridized carbons (Fsp3) is 0.500. The number of hydrogen-bond acceptors (Lipinski definition) is 3. The molecule has 3 heteroatoms. The fourth-order valence-corrected chi connectivity index (χ4v) is 2.16. The van der Waals surface area contributed by atoms with Crippen LogP contribution in [0.15, 0.2) is 35.2 Å². The van der Waals surface area contributed by atoms with Gasteiger partial charge in [-0.3, -0.25) is 0 Å². The van der Waals surface area contributed by atoms with E-state index >= 15 is 0 Å². The van der Waals surface area contributed by atoms with E-state index < -0.39 is 0 Å². The molecular formula is C12H18O2S. The molecule has 1 aromatic rings. The summed E-state index contributed by atoms with van der Waals surface area (Å²) in [5, 5.41) is 9.66. The van der Waals surface area contributed by atoms with Crippen molar-refractivity contribution in [3.63, 3.8) is 0 Å². The molecule has 0 heterocycles. The van der Waals surface area contributed by atoms with Crippen molar-refractivity contribution in [2.75, 3.05) is 19.5 Å². The molecule has 0 aliphatic rings. The summed E-state index contributed by atoms with van der Waals surface area (Å²) < 4.78 is 4.94. The monoisotopic (exact) mass is 226 g/mol. The van der Waals surface area contributed by atoms with E-state index in [1.54, 1.807) is 18.9 Å². The first-order valence-corrected chi connectivity index (χ1v) is 6.16. The Kier molecular flexibility index (Phi) is 6.48. The first kappa shape index (κ1) is 12.6. The third-order valence-electron chi connectivity index (χ3n) is 2.07. The van der Waals surface area contributed by atoms with Crippen molar-refractivity contribution in [3.8, 4) is 0 Å². The largest absolute Gasteiger partial charge is 0.392 e. The van der Waals surface area contributed by atoms with Crippen LogP contribution in [0.25, 0.3) is 0 Å². The minimum Gasteiger partial charge on any atom is -0.392 e. The van der Waals surface area contributed by atoms with Crippen LogP contribution in [-0.2, 0) is 4.74 Å². The Morgan fingerprint density at radius 3 is 2.73 bits per heavy atom. The van der Waals surface area contributed by atoms with E-state index in [0.29, 0.717) is 0 Å². The number of aliphatic hydroxyl groups excluding tert-OH is 1. The van der Waals surface area contributed by atoms with Crippen LogP contribution in [0.3, 0.4) is 0 Å². The SMILES string of the molecule is COCCCC(O)CSc1ccccc1. The van der Waals surface area contributed by atoms with Gasteiger partial charge >= 0.3 is 0 Å². The Bertz CT molecular complexity index is 251. The van der Waals surface area contributed by atoms with Gasteiger partial charge in [0.25, 0.3) is 0 Å². The van der Waals surface area contributed by atoms with E-state index in [2.05, 4.69) is 12.1 Å². The predicted molar refractivity (Wildman–Crippen MR) is 64.3 cm³/mol. The summed E-state index contributed by atoms with van der Waals surface area (Å²) in [4.78, 5) is 1.21. The first-order chi connectivity index (χ1) is 7.33. The van der Waals surface area contributed by atoms with Crippen molar-refractivity contribution in [3.05, 3.63) is 30.3 Å². The molecule has 0 aromatic heterocycles. The van der Waals surface area contributed by atoms with Crippen LogP contribution in [-0.4, -0.2) is 30.7 Å². The molecule has 1 rings (SSSR count). The zero-order valence-corrected chi connectivity index (χ0v) is 9.87. The van der Waals surface area contributed by atoms with Gasteiger partial charge in [0.1, 0.15) is 0 Å². The fourth-order valence-electron chi connectivity index (χ4n) is 1.26. The molecule has 0 radical (unpaired) electrons. The van der Waals surface area contributed by atoms with Crippen molar-refractivity contribution in [1.29, 1.82) is 0 Å². The third-order valence-corrected chi connectivity index (χ3v) is 3.23. The number of hydrogen-bond donors (Lipinski definition) is 1. The highest BCUT2D eigenvalue weighted by atomic mass is 32.2. The second-order valence-electron chi connectivity index (χ2n) is 3.41. The molecule has 0 aliphatic carbocycles. The van der Waals surface area contributed by atoms with Gasteiger partial charge in [0, 0.05) is 24.4 Å². The molecule has 84 valence electrons. The maximum absolute atomic E-state index is 9.66. The molecular weight excluding hydrogens is 208 g/mol. The summed E-state index contributed by atoms with van der Waals surface area (Å²) in [5.41, 5.74) is 0. The molecule has 15 heavy (non-hydrogen) atoms. The summed E-state index contributed by atoms with van der Waals surface area (Å²) in [5.74, 6) is 0.758.